The van der Waals surface area contributed by atoms with Gasteiger partial charge in [-0.2, -0.15) is 0 Å². The second-order valence-electron chi connectivity index (χ2n) is 2.56. The van der Waals surface area contributed by atoms with Gasteiger partial charge in [0, 0.05) is 15.6 Å². The highest BCUT2D eigenvalue weighted by Crippen LogP contribution is 2.30. The fourth-order valence-electron chi connectivity index (χ4n) is 1.00. The maximum Gasteiger partial charge on any atom is 0.339 e. The van der Waals surface area contributed by atoms with Crippen molar-refractivity contribution < 1.29 is 14.6 Å². The monoisotopic (exact) mass is 234 g/mol. The van der Waals surface area contributed by atoms with Crippen LogP contribution in [0.4, 0.5) is 0 Å². The van der Waals surface area contributed by atoms with Crippen molar-refractivity contribution >= 4 is 29.2 Å². The first kappa shape index (κ1) is 11.3. The van der Waals surface area contributed by atoms with Gasteiger partial charge in [-0.1, -0.05) is 29.3 Å². The van der Waals surface area contributed by atoms with Gasteiger partial charge in [-0.25, -0.2) is 4.79 Å². The lowest BCUT2D eigenvalue weighted by atomic mass is 10.1. The molecule has 1 rings (SSSR count). The van der Waals surface area contributed by atoms with Crippen molar-refractivity contribution in [3.05, 3.63) is 33.8 Å². The average Bonchev–Trinajstić information content (AvgIpc) is 2.16. The molecule has 0 heterocycles. The molecule has 0 spiro atoms. The first-order valence-corrected chi connectivity index (χ1v) is 4.53. The Bertz CT molecular complexity index is 332. The summed E-state index contributed by atoms with van der Waals surface area (Å²) in [5.74, 6) is -0.792. The molecule has 76 valence electrons. The third-order valence-electron chi connectivity index (χ3n) is 1.70. The van der Waals surface area contributed by atoms with Crippen molar-refractivity contribution in [1.29, 1.82) is 0 Å². The molecule has 3 nitrogen and oxygen atoms in total. The third kappa shape index (κ3) is 2.18. The highest BCUT2D eigenvalue weighted by molar-refractivity contribution is 6.36. The maximum absolute atomic E-state index is 11.0. The number of esters is 1. The van der Waals surface area contributed by atoms with Crippen LogP contribution in [0.1, 0.15) is 11.7 Å². The molecule has 0 aliphatic rings. The van der Waals surface area contributed by atoms with Crippen LogP contribution in [0, 0.1) is 0 Å². The molecular formula is C9H8Cl2O3. The van der Waals surface area contributed by atoms with Gasteiger partial charge in [-0.05, 0) is 12.1 Å². The smallest absolute Gasteiger partial charge is 0.339 e. The van der Waals surface area contributed by atoms with Gasteiger partial charge in [-0.3, -0.25) is 0 Å². The number of aliphatic hydroxyl groups is 1. The summed E-state index contributed by atoms with van der Waals surface area (Å²) >= 11 is 11.5. The predicted octanol–water partition coefficient (Wildman–Crippen LogP) is 2.20. The predicted molar refractivity (Wildman–Crippen MR) is 53.4 cm³/mol. The Hall–Kier alpha value is -0.770. The van der Waals surface area contributed by atoms with Gasteiger partial charge >= 0.3 is 5.97 Å². The largest absolute Gasteiger partial charge is 0.467 e. The Morgan fingerprint density at radius 3 is 2.36 bits per heavy atom. The van der Waals surface area contributed by atoms with Gasteiger partial charge in [0.2, 0.25) is 0 Å². The van der Waals surface area contributed by atoms with Gasteiger partial charge in [0.1, 0.15) is 0 Å². The van der Waals surface area contributed by atoms with Crippen LogP contribution in [0.3, 0.4) is 0 Å². The van der Waals surface area contributed by atoms with E-state index in [2.05, 4.69) is 4.74 Å². The van der Waals surface area contributed by atoms with Crippen LogP contribution in [-0.4, -0.2) is 18.2 Å². The minimum atomic E-state index is -1.44. The summed E-state index contributed by atoms with van der Waals surface area (Å²) in [6.07, 6.45) is -1.44. The molecule has 0 saturated carbocycles. The number of halogens is 2. The number of methoxy groups -OCH3 is 1. The number of hydrogen-bond acceptors (Lipinski definition) is 3. The van der Waals surface area contributed by atoms with Crippen molar-refractivity contribution in [3.63, 3.8) is 0 Å². The van der Waals surface area contributed by atoms with Gasteiger partial charge in [0.05, 0.1) is 7.11 Å². The SMILES string of the molecule is COC(=O)[C@H](O)c1c(Cl)cccc1Cl. The Labute approximate surface area is 91.2 Å². The zero-order valence-corrected chi connectivity index (χ0v) is 8.84. The number of carbonyl (C=O) groups is 1. The van der Waals surface area contributed by atoms with Gasteiger partial charge in [0.25, 0.3) is 0 Å². The molecule has 0 fully saturated rings. The molecule has 1 atom stereocenters. The van der Waals surface area contributed by atoms with Crippen LogP contribution >= 0.6 is 23.2 Å². The summed E-state index contributed by atoms with van der Waals surface area (Å²) in [5, 5.41) is 9.97. The van der Waals surface area contributed by atoms with E-state index in [0.717, 1.165) is 0 Å². The summed E-state index contributed by atoms with van der Waals surface area (Å²) in [6, 6.07) is 4.70. The van der Waals surface area contributed by atoms with Crippen molar-refractivity contribution in [2.45, 2.75) is 6.10 Å². The van der Waals surface area contributed by atoms with E-state index in [-0.39, 0.29) is 15.6 Å². The fourth-order valence-corrected chi connectivity index (χ4v) is 1.61. The Morgan fingerprint density at radius 1 is 1.43 bits per heavy atom. The summed E-state index contributed by atoms with van der Waals surface area (Å²) < 4.78 is 4.37. The molecule has 1 aromatic rings. The fraction of sp³-hybridized carbons (Fsp3) is 0.222. The topological polar surface area (TPSA) is 46.5 Å². The second-order valence-corrected chi connectivity index (χ2v) is 3.38. The van der Waals surface area contributed by atoms with E-state index >= 15 is 0 Å². The Kier molecular flexibility index (Phi) is 3.75. The Morgan fingerprint density at radius 2 is 1.93 bits per heavy atom. The van der Waals surface area contributed by atoms with Crippen molar-refractivity contribution in [2.75, 3.05) is 7.11 Å². The lowest BCUT2D eigenvalue weighted by molar-refractivity contribution is -0.150. The van der Waals surface area contributed by atoms with Gasteiger partial charge in [0.15, 0.2) is 6.10 Å². The maximum atomic E-state index is 11.0. The molecule has 0 unspecified atom stereocenters. The van der Waals surface area contributed by atoms with E-state index in [0.29, 0.717) is 0 Å². The number of benzene rings is 1. The molecule has 0 amide bonds. The summed E-state index contributed by atoms with van der Waals surface area (Å²) in [4.78, 5) is 11.0. The Balaban J connectivity index is 3.11. The normalized spacial score (nSPS) is 12.3. The summed E-state index contributed by atoms with van der Waals surface area (Å²) in [6.45, 7) is 0. The van der Waals surface area contributed by atoms with E-state index < -0.39 is 12.1 Å². The molecule has 0 bridgehead atoms. The quantitative estimate of drug-likeness (QED) is 0.799. The summed E-state index contributed by atoms with van der Waals surface area (Å²) in [7, 11) is 1.18. The van der Waals surface area contributed by atoms with Crippen LogP contribution in [0.15, 0.2) is 18.2 Å². The lowest BCUT2D eigenvalue weighted by Crippen LogP contribution is -2.14. The third-order valence-corrected chi connectivity index (χ3v) is 2.36. The molecule has 1 aromatic carbocycles. The number of ether oxygens (including phenoxy) is 1. The molecule has 14 heavy (non-hydrogen) atoms. The number of rotatable bonds is 2. The molecule has 0 aromatic heterocycles. The van der Waals surface area contributed by atoms with Crippen molar-refractivity contribution in [2.24, 2.45) is 0 Å². The van der Waals surface area contributed by atoms with E-state index in [9.17, 15) is 9.90 Å². The van der Waals surface area contributed by atoms with E-state index in [1.807, 2.05) is 0 Å². The number of aliphatic hydroxyl groups excluding tert-OH is 1. The number of hydrogen-bond donors (Lipinski definition) is 1. The zero-order valence-electron chi connectivity index (χ0n) is 7.33. The highest BCUT2D eigenvalue weighted by Gasteiger charge is 2.23. The standard InChI is InChI=1S/C9H8Cl2O3/c1-14-9(13)8(12)7-5(10)3-2-4-6(7)11/h2-4,8,12H,1H3/t8-/m1/s1. The highest BCUT2D eigenvalue weighted by atomic mass is 35.5. The molecule has 0 radical (unpaired) electrons. The molecule has 0 saturated heterocycles. The van der Waals surface area contributed by atoms with E-state index in [4.69, 9.17) is 23.2 Å². The molecule has 1 N–H and O–H groups in total. The van der Waals surface area contributed by atoms with Crippen LogP contribution in [0.5, 0.6) is 0 Å². The zero-order chi connectivity index (χ0) is 10.7. The number of carbonyl (C=O) groups excluding carboxylic acids is 1. The average molecular weight is 235 g/mol. The van der Waals surface area contributed by atoms with Crippen LogP contribution in [-0.2, 0) is 9.53 Å². The minimum absolute atomic E-state index is 0.169. The van der Waals surface area contributed by atoms with Gasteiger partial charge in [-0.15, -0.1) is 0 Å². The van der Waals surface area contributed by atoms with Gasteiger partial charge < -0.3 is 9.84 Å². The first-order chi connectivity index (χ1) is 6.57. The lowest BCUT2D eigenvalue weighted by Gasteiger charge is -2.11. The first-order valence-electron chi connectivity index (χ1n) is 3.77. The molecule has 0 aliphatic heterocycles. The van der Waals surface area contributed by atoms with Crippen LogP contribution < -0.4 is 0 Å². The van der Waals surface area contributed by atoms with Crippen molar-refractivity contribution in [3.8, 4) is 0 Å². The van der Waals surface area contributed by atoms with Crippen LogP contribution in [0.25, 0.3) is 0 Å². The molecule has 0 aliphatic carbocycles. The van der Waals surface area contributed by atoms with E-state index in [1.165, 1.54) is 19.2 Å². The van der Waals surface area contributed by atoms with Crippen LogP contribution in [0.2, 0.25) is 10.0 Å². The molecule has 5 heteroatoms. The van der Waals surface area contributed by atoms with Crippen molar-refractivity contribution in [1.82, 2.24) is 0 Å². The minimum Gasteiger partial charge on any atom is -0.467 e. The summed E-state index contributed by atoms with van der Waals surface area (Å²) in [5.41, 5.74) is 0.169. The second kappa shape index (κ2) is 4.64. The van der Waals surface area contributed by atoms with E-state index in [1.54, 1.807) is 6.07 Å². The molecular weight excluding hydrogens is 227 g/mol.